The van der Waals surface area contributed by atoms with Gasteiger partial charge < -0.3 is 25.2 Å². The van der Waals surface area contributed by atoms with Crippen LogP contribution in [0.4, 0.5) is 4.79 Å². The molecule has 3 N–H and O–H groups in total. The molecule has 1 rings (SSSR count). The number of aliphatic carboxylic acids is 1. The summed E-state index contributed by atoms with van der Waals surface area (Å²) in [6.07, 6.45) is -0.620. The summed E-state index contributed by atoms with van der Waals surface area (Å²) in [4.78, 5) is 23.9. The Labute approximate surface area is 106 Å². The smallest absolute Gasteiger partial charge is 0.332 e. The van der Waals surface area contributed by atoms with Crippen LogP contribution in [0, 0.1) is 0 Å². The van der Waals surface area contributed by atoms with Crippen LogP contribution in [0.15, 0.2) is 0 Å². The van der Waals surface area contributed by atoms with Crippen LogP contribution in [-0.2, 0) is 9.53 Å². The van der Waals surface area contributed by atoms with E-state index in [2.05, 4.69) is 5.32 Å². The van der Waals surface area contributed by atoms with Crippen LogP contribution in [0.1, 0.15) is 19.8 Å². The zero-order valence-electron chi connectivity index (χ0n) is 10.5. The summed E-state index contributed by atoms with van der Waals surface area (Å²) in [6.45, 7) is 3.70. The first kappa shape index (κ1) is 14.7. The van der Waals surface area contributed by atoms with E-state index < -0.39 is 12.1 Å². The molecule has 2 unspecified atom stereocenters. The SMILES string of the molecule is CCC1COCCN1C(=O)NCCC(O)C(=O)O. The van der Waals surface area contributed by atoms with E-state index >= 15 is 0 Å². The second-order valence-electron chi connectivity index (χ2n) is 4.21. The normalized spacial score (nSPS) is 21.4. The first-order valence-corrected chi connectivity index (χ1v) is 6.09. The topological polar surface area (TPSA) is 99.1 Å². The highest BCUT2D eigenvalue weighted by molar-refractivity contribution is 5.75. The molecule has 0 spiro atoms. The number of hydrogen-bond acceptors (Lipinski definition) is 4. The molecule has 1 saturated heterocycles. The molecule has 0 aromatic carbocycles. The fourth-order valence-corrected chi connectivity index (χ4v) is 1.80. The number of ether oxygens (including phenoxy) is 1. The van der Waals surface area contributed by atoms with E-state index in [1.54, 1.807) is 4.90 Å². The summed E-state index contributed by atoms with van der Waals surface area (Å²) in [7, 11) is 0. The minimum absolute atomic E-state index is 0.00219. The minimum Gasteiger partial charge on any atom is -0.479 e. The van der Waals surface area contributed by atoms with Gasteiger partial charge >= 0.3 is 12.0 Å². The van der Waals surface area contributed by atoms with Gasteiger partial charge in [-0.1, -0.05) is 6.92 Å². The van der Waals surface area contributed by atoms with Crippen LogP contribution in [0.2, 0.25) is 0 Å². The lowest BCUT2D eigenvalue weighted by Crippen LogP contribution is -2.52. The van der Waals surface area contributed by atoms with E-state index in [0.717, 1.165) is 6.42 Å². The largest absolute Gasteiger partial charge is 0.479 e. The molecule has 2 atom stereocenters. The van der Waals surface area contributed by atoms with Crippen LogP contribution in [0.3, 0.4) is 0 Å². The fourth-order valence-electron chi connectivity index (χ4n) is 1.80. The number of nitrogens with one attached hydrogen (secondary N) is 1. The Morgan fingerprint density at radius 3 is 2.89 bits per heavy atom. The number of urea groups is 1. The van der Waals surface area contributed by atoms with E-state index in [0.29, 0.717) is 19.8 Å². The standard InChI is InChI=1S/C11H20N2O5/c1-2-8-7-18-6-5-13(8)11(17)12-4-3-9(14)10(15)16/h8-9,14H,2-7H2,1H3,(H,12,17)(H,15,16). The fraction of sp³-hybridized carbons (Fsp3) is 0.818. The lowest BCUT2D eigenvalue weighted by Gasteiger charge is -2.35. The number of amides is 2. The van der Waals surface area contributed by atoms with E-state index in [1.165, 1.54) is 0 Å². The first-order chi connectivity index (χ1) is 8.56. The molecule has 7 nitrogen and oxygen atoms in total. The van der Waals surface area contributed by atoms with Gasteiger partial charge in [-0.05, 0) is 6.42 Å². The van der Waals surface area contributed by atoms with Gasteiger partial charge in [0.05, 0.1) is 19.3 Å². The van der Waals surface area contributed by atoms with Gasteiger partial charge in [-0.2, -0.15) is 0 Å². The Morgan fingerprint density at radius 2 is 2.28 bits per heavy atom. The zero-order valence-corrected chi connectivity index (χ0v) is 10.5. The first-order valence-electron chi connectivity index (χ1n) is 6.09. The van der Waals surface area contributed by atoms with Crippen molar-refractivity contribution in [2.45, 2.75) is 31.9 Å². The molecule has 1 fully saturated rings. The third-order valence-corrected chi connectivity index (χ3v) is 2.94. The van der Waals surface area contributed by atoms with Crippen molar-refractivity contribution in [3.63, 3.8) is 0 Å². The third-order valence-electron chi connectivity index (χ3n) is 2.94. The maximum atomic E-state index is 11.8. The number of carboxylic acids is 1. The lowest BCUT2D eigenvalue weighted by molar-refractivity contribution is -0.146. The van der Waals surface area contributed by atoms with Gasteiger partial charge in [0.15, 0.2) is 6.10 Å². The zero-order chi connectivity index (χ0) is 13.5. The molecule has 104 valence electrons. The molecular formula is C11H20N2O5. The number of nitrogens with zero attached hydrogens (tertiary/aromatic N) is 1. The average molecular weight is 260 g/mol. The van der Waals surface area contributed by atoms with Crippen molar-refractivity contribution in [2.75, 3.05) is 26.3 Å². The molecule has 0 radical (unpaired) electrons. The number of carbonyl (C=O) groups excluding carboxylic acids is 1. The van der Waals surface area contributed by atoms with Gasteiger partial charge in [0, 0.05) is 19.5 Å². The second-order valence-corrected chi connectivity index (χ2v) is 4.21. The van der Waals surface area contributed by atoms with Crippen molar-refractivity contribution in [1.82, 2.24) is 10.2 Å². The van der Waals surface area contributed by atoms with Crippen LogP contribution < -0.4 is 5.32 Å². The third kappa shape index (κ3) is 4.15. The molecule has 0 bridgehead atoms. The highest BCUT2D eigenvalue weighted by Crippen LogP contribution is 2.10. The summed E-state index contributed by atoms with van der Waals surface area (Å²) in [5.74, 6) is -1.28. The van der Waals surface area contributed by atoms with Gasteiger partial charge in [0.2, 0.25) is 0 Å². The number of aliphatic hydroxyl groups is 1. The van der Waals surface area contributed by atoms with E-state index in [4.69, 9.17) is 14.9 Å². The molecule has 0 saturated carbocycles. The number of rotatable bonds is 5. The van der Waals surface area contributed by atoms with Gasteiger partial charge in [-0.15, -0.1) is 0 Å². The van der Waals surface area contributed by atoms with Gasteiger partial charge in [0.1, 0.15) is 0 Å². The number of morpholine rings is 1. The van der Waals surface area contributed by atoms with Gasteiger partial charge in [0.25, 0.3) is 0 Å². The highest BCUT2D eigenvalue weighted by Gasteiger charge is 2.25. The van der Waals surface area contributed by atoms with Gasteiger partial charge in [-0.25, -0.2) is 9.59 Å². The molecular weight excluding hydrogens is 240 g/mol. The Morgan fingerprint density at radius 1 is 1.56 bits per heavy atom. The highest BCUT2D eigenvalue weighted by atomic mass is 16.5. The second kappa shape index (κ2) is 7.17. The number of carboxylic acid groups (broad SMARTS) is 1. The Hall–Kier alpha value is -1.34. The summed E-state index contributed by atoms with van der Waals surface area (Å²) >= 11 is 0. The Balaban J connectivity index is 2.33. The lowest BCUT2D eigenvalue weighted by atomic mass is 10.2. The molecule has 0 aromatic rings. The summed E-state index contributed by atoms with van der Waals surface area (Å²) in [6, 6.07) is -0.175. The average Bonchev–Trinajstić information content (AvgIpc) is 2.38. The molecule has 1 aliphatic heterocycles. The van der Waals surface area contributed by atoms with Crippen molar-refractivity contribution in [1.29, 1.82) is 0 Å². The predicted molar refractivity (Wildman–Crippen MR) is 63.3 cm³/mol. The van der Waals surface area contributed by atoms with E-state index in [1.807, 2.05) is 6.92 Å². The van der Waals surface area contributed by atoms with Crippen molar-refractivity contribution in [3.8, 4) is 0 Å². The van der Waals surface area contributed by atoms with Crippen LogP contribution in [0.5, 0.6) is 0 Å². The monoisotopic (exact) mass is 260 g/mol. The Bertz CT molecular complexity index is 297. The predicted octanol–water partition coefficient (Wildman–Crippen LogP) is -0.358. The van der Waals surface area contributed by atoms with Gasteiger partial charge in [-0.3, -0.25) is 0 Å². The van der Waals surface area contributed by atoms with Crippen molar-refractivity contribution < 1.29 is 24.5 Å². The Kier molecular flexibility index (Phi) is 5.87. The number of hydrogen-bond donors (Lipinski definition) is 3. The molecule has 1 aliphatic rings. The van der Waals surface area contributed by atoms with Crippen LogP contribution in [-0.4, -0.2) is 65.6 Å². The number of aliphatic hydroxyl groups excluding tert-OH is 1. The summed E-state index contributed by atoms with van der Waals surface area (Å²) < 4.78 is 5.29. The molecule has 1 heterocycles. The molecule has 0 aromatic heterocycles. The van der Waals surface area contributed by atoms with Crippen LogP contribution >= 0.6 is 0 Å². The quantitative estimate of drug-likeness (QED) is 0.627. The van der Waals surface area contributed by atoms with Crippen LogP contribution in [0.25, 0.3) is 0 Å². The van der Waals surface area contributed by atoms with Crippen molar-refractivity contribution in [2.24, 2.45) is 0 Å². The van der Waals surface area contributed by atoms with E-state index in [-0.39, 0.29) is 25.0 Å². The molecule has 0 aliphatic carbocycles. The summed E-state index contributed by atoms with van der Waals surface area (Å²) in [5.41, 5.74) is 0. The van der Waals surface area contributed by atoms with E-state index in [9.17, 15) is 9.59 Å². The molecule has 18 heavy (non-hydrogen) atoms. The number of carbonyl (C=O) groups is 2. The van der Waals surface area contributed by atoms with Crippen molar-refractivity contribution >= 4 is 12.0 Å². The van der Waals surface area contributed by atoms with Crippen molar-refractivity contribution in [3.05, 3.63) is 0 Å². The maximum absolute atomic E-state index is 11.8. The minimum atomic E-state index is -1.43. The molecule has 7 heteroatoms. The molecule has 2 amide bonds. The summed E-state index contributed by atoms with van der Waals surface area (Å²) in [5, 5.41) is 20.2. The maximum Gasteiger partial charge on any atom is 0.332 e.